The molecular weight excluding hydrogens is 811 g/mol. The maximum atomic E-state index is 6.71. The maximum absolute atomic E-state index is 6.71. The SMILES string of the molecule is c1ccc2c3c(ccc2c1)N(c1ccc(C2=Nc4c(oc5ccccc45)C(c4cccc5c4oc4ccccc45)=I2)c2ccccc12)c1cccc2cccc-3c12. The summed E-state index contributed by atoms with van der Waals surface area (Å²) in [5.41, 5.74) is 11.8. The largest absolute Gasteiger partial charge is 0.455 e. The Morgan fingerprint density at radius 3 is 1.95 bits per heavy atom. The van der Waals surface area contributed by atoms with E-state index in [-0.39, 0.29) is 0 Å². The first-order valence-electron chi connectivity index (χ1n) is 19.2. The zero-order valence-electron chi connectivity index (χ0n) is 30.3. The average molecular weight is 841 g/mol. The zero-order valence-corrected chi connectivity index (χ0v) is 32.5. The zero-order chi connectivity index (χ0) is 37.2. The molecular formula is C52H29IN2O2. The normalized spacial score (nSPS) is 13.6. The Labute approximate surface area is 336 Å². The topological polar surface area (TPSA) is 41.9 Å². The van der Waals surface area contributed by atoms with Gasteiger partial charge in [0.25, 0.3) is 0 Å². The summed E-state index contributed by atoms with van der Waals surface area (Å²) in [6.45, 7) is 0. The number of para-hydroxylation sites is 3. The number of hydrogen-bond donors (Lipinski definition) is 0. The fourth-order valence-electron chi connectivity index (χ4n) is 9.24. The Balaban J connectivity index is 1.07. The van der Waals surface area contributed by atoms with E-state index >= 15 is 0 Å². The van der Waals surface area contributed by atoms with Crippen molar-refractivity contribution < 1.29 is 8.83 Å². The first-order valence-corrected chi connectivity index (χ1v) is 21.3. The van der Waals surface area contributed by atoms with Gasteiger partial charge in [0.05, 0.1) is 20.6 Å². The summed E-state index contributed by atoms with van der Waals surface area (Å²) in [5, 5.41) is 10.6. The molecule has 0 saturated heterocycles. The van der Waals surface area contributed by atoms with E-state index in [9.17, 15) is 0 Å². The molecule has 0 spiro atoms. The van der Waals surface area contributed by atoms with Crippen LogP contribution in [0.1, 0.15) is 16.9 Å². The Morgan fingerprint density at radius 1 is 0.421 bits per heavy atom. The molecule has 0 amide bonds. The minimum Gasteiger partial charge on any atom is -0.455 e. The van der Waals surface area contributed by atoms with Crippen LogP contribution in [0.25, 0.3) is 76.4 Å². The summed E-state index contributed by atoms with van der Waals surface area (Å²) in [6, 6.07) is 63.3. The molecule has 2 aromatic heterocycles. The molecule has 0 unspecified atom stereocenters. The number of anilines is 3. The van der Waals surface area contributed by atoms with Crippen LogP contribution in [0.3, 0.4) is 0 Å². The van der Waals surface area contributed by atoms with Crippen molar-refractivity contribution in [1.82, 2.24) is 0 Å². The van der Waals surface area contributed by atoms with Crippen LogP contribution in [0.2, 0.25) is 0 Å². The summed E-state index contributed by atoms with van der Waals surface area (Å²) in [5.74, 6) is 0.852. The first-order chi connectivity index (χ1) is 28.3. The van der Waals surface area contributed by atoms with Gasteiger partial charge in [-0.05, 0) is 75.6 Å². The van der Waals surface area contributed by atoms with Crippen LogP contribution < -0.4 is 4.90 Å². The summed E-state index contributed by atoms with van der Waals surface area (Å²) >= 11 is -0.833. The lowest BCUT2D eigenvalue weighted by Crippen LogP contribution is -2.16. The molecule has 9 aromatic carbocycles. The van der Waals surface area contributed by atoms with Crippen molar-refractivity contribution in [2.75, 3.05) is 4.90 Å². The van der Waals surface area contributed by atoms with E-state index in [0.717, 1.165) is 64.9 Å². The quantitative estimate of drug-likeness (QED) is 0.166. The van der Waals surface area contributed by atoms with Gasteiger partial charge in [-0.25, -0.2) is 4.99 Å². The fourth-order valence-corrected chi connectivity index (χ4v) is 12.2. The molecule has 0 bridgehead atoms. The molecule has 5 heteroatoms. The van der Waals surface area contributed by atoms with Gasteiger partial charge in [-0.3, -0.25) is 0 Å². The van der Waals surface area contributed by atoms with Gasteiger partial charge in [0, 0.05) is 43.6 Å². The third kappa shape index (κ3) is 4.43. The Hall–Kier alpha value is -6.83. The number of halogens is 1. The van der Waals surface area contributed by atoms with Crippen molar-refractivity contribution in [1.29, 1.82) is 0 Å². The van der Waals surface area contributed by atoms with Crippen LogP contribution in [0, 0.1) is 0 Å². The number of furan rings is 2. The van der Waals surface area contributed by atoms with Gasteiger partial charge < -0.3 is 13.7 Å². The van der Waals surface area contributed by atoms with E-state index in [0.29, 0.717) is 0 Å². The summed E-state index contributed by atoms with van der Waals surface area (Å²) in [4.78, 5) is 8.02. The van der Waals surface area contributed by atoms with Crippen molar-refractivity contribution in [2.24, 2.45) is 4.99 Å². The van der Waals surface area contributed by atoms with Gasteiger partial charge >= 0.3 is 0 Å². The molecule has 0 radical (unpaired) electrons. The van der Waals surface area contributed by atoms with Crippen molar-refractivity contribution >= 4 is 116 Å². The molecule has 4 nitrogen and oxygen atoms in total. The highest BCUT2D eigenvalue weighted by Gasteiger charge is 2.31. The molecule has 57 heavy (non-hydrogen) atoms. The second-order valence-electron chi connectivity index (χ2n) is 14.7. The highest BCUT2D eigenvalue weighted by molar-refractivity contribution is 14.2. The Kier molecular flexibility index (Phi) is 6.52. The standard InChI is InChI=1S/C52H29IN2O2/c1-2-15-32-30(12-1)26-28-43-47(32)39-21-9-13-31-14-10-23-42(46(31)39)55(43)41-29-27-37(33-16-3-4-17-34(33)41)52-53-48(51-49(54-52)38-19-6-8-25-45(38)57-51)40-22-11-20-36-35-18-5-7-24-44(35)56-50(36)40/h1-29H. The summed E-state index contributed by atoms with van der Waals surface area (Å²) in [6.07, 6.45) is 0. The van der Waals surface area contributed by atoms with E-state index in [2.05, 4.69) is 163 Å². The van der Waals surface area contributed by atoms with Crippen molar-refractivity contribution in [2.45, 2.75) is 0 Å². The molecule has 2 aliphatic rings. The molecule has 0 N–H and O–H groups in total. The molecule has 0 aliphatic carbocycles. The van der Waals surface area contributed by atoms with Gasteiger partial charge in [0.2, 0.25) is 0 Å². The van der Waals surface area contributed by atoms with Gasteiger partial charge in [-0.2, -0.15) is 0 Å². The van der Waals surface area contributed by atoms with Gasteiger partial charge in [0.1, 0.15) is 26.2 Å². The van der Waals surface area contributed by atoms with Crippen LogP contribution in [0.15, 0.2) is 190 Å². The predicted octanol–water partition coefficient (Wildman–Crippen LogP) is 14.9. The monoisotopic (exact) mass is 840 g/mol. The molecule has 266 valence electrons. The van der Waals surface area contributed by atoms with Gasteiger partial charge in [0.15, 0.2) is 5.76 Å². The number of nitrogens with zero attached hydrogens (tertiary/aromatic N) is 2. The minimum atomic E-state index is -0.833. The van der Waals surface area contributed by atoms with E-state index in [1.54, 1.807) is 0 Å². The van der Waals surface area contributed by atoms with Crippen LogP contribution in [-0.4, -0.2) is 7.23 Å². The Bertz CT molecular complexity index is 3600. The molecule has 0 fully saturated rings. The maximum Gasteiger partial charge on any atom is 0.167 e. The minimum absolute atomic E-state index is 0.833. The van der Waals surface area contributed by atoms with E-state index in [1.807, 2.05) is 18.2 Å². The lowest BCUT2D eigenvalue weighted by atomic mass is 9.87. The highest BCUT2D eigenvalue weighted by atomic mass is 127. The summed E-state index contributed by atoms with van der Waals surface area (Å²) < 4.78 is 15.6. The van der Waals surface area contributed by atoms with Crippen LogP contribution >= 0.6 is 20.7 Å². The van der Waals surface area contributed by atoms with Crippen LogP contribution in [0.4, 0.5) is 22.7 Å². The molecule has 0 atom stereocenters. The molecule has 2 aliphatic heterocycles. The average Bonchev–Trinajstić information content (AvgIpc) is 3.85. The third-order valence-electron chi connectivity index (χ3n) is 11.7. The number of hydrogen-bond acceptors (Lipinski definition) is 4. The second kappa shape index (κ2) is 11.8. The fraction of sp³-hybridized carbons (Fsp3) is 0. The third-order valence-corrected chi connectivity index (χ3v) is 14.7. The van der Waals surface area contributed by atoms with Gasteiger partial charge in [-0.1, -0.05) is 148 Å². The van der Waals surface area contributed by atoms with Crippen LogP contribution in [0.5, 0.6) is 0 Å². The molecule has 4 heterocycles. The lowest BCUT2D eigenvalue weighted by molar-refractivity contribution is 0.607. The molecule has 0 saturated carbocycles. The smallest absolute Gasteiger partial charge is 0.167 e. The van der Waals surface area contributed by atoms with Crippen molar-refractivity contribution in [3.05, 3.63) is 193 Å². The number of aliphatic imine (C=N–C) groups is 1. The van der Waals surface area contributed by atoms with E-state index in [1.165, 1.54) is 58.3 Å². The van der Waals surface area contributed by atoms with E-state index < -0.39 is 20.7 Å². The Morgan fingerprint density at radius 2 is 1.07 bits per heavy atom. The summed E-state index contributed by atoms with van der Waals surface area (Å²) in [7, 11) is 0. The van der Waals surface area contributed by atoms with Crippen molar-refractivity contribution in [3.8, 4) is 11.1 Å². The highest BCUT2D eigenvalue weighted by Crippen LogP contribution is 2.54. The molecule has 11 aromatic rings. The first kappa shape index (κ1) is 31.4. The predicted molar refractivity (Wildman–Crippen MR) is 246 cm³/mol. The number of fused-ring (bicyclic) bond motifs is 11. The van der Waals surface area contributed by atoms with Crippen LogP contribution in [-0.2, 0) is 0 Å². The number of benzene rings is 9. The molecule has 13 rings (SSSR count). The van der Waals surface area contributed by atoms with Crippen molar-refractivity contribution in [3.63, 3.8) is 0 Å². The van der Waals surface area contributed by atoms with E-state index in [4.69, 9.17) is 13.8 Å². The van der Waals surface area contributed by atoms with Gasteiger partial charge in [-0.15, -0.1) is 0 Å². The number of rotatable bonds is 3. The lowest BCUT2D eigenvalue weighted by Gasteiger charge is -2.35. The second-order valence-corrected chi connectivity index (χ2v) is 17.4.